The van der Waals surface area contributed by atoms with Crippen LogP contribution in [0.3, 0.4) is 0 Å². The molecule has 166 valence electrons. The molecular formula is C23H29N3O4S. The van der Waals surface area contributed by atoms with Crippen molar-refractivity contribution >= 4 is 27.3 Å². The highest BCUT2D eigenvalue weighted by atomic mass is 32.2. The predicted octanol–water partition coefficient (Wildman–Crippen LogP) is 3.26. The zero-order valence-electron chi connectivity index (χ0n) is 18.0. The summed E-state index contributed by atoms with van der Waals surface area (Å²) < 4.78 is 33.2. The van der Waals surface area contributed by atoms with E-state index in [1.54, 1.807) is 12.1 Å². The normalized spacial score (nSPS) is 19.2. The number of para-hydroxylation sites is 1. The summed E-state index contributed by atoms with van der Waals surface area (Å²) in [5.74, 6) is 0.0979. The van der Waals surface area contributed by atoms with Gasteiger partial charge in [0.25, 0.3) is 0 Å². The third kappa shape index (κ3) is 4.41. The smallest absolute Gasteiger partial charge is 0.246 e. The fourth-order valence-corrected chi connectivity index (χ4v) is 6.12. The molecule has 0 saturated carbocycles. The molecule has 1 fully saturated rings. The molecule has 2 aromatic carbocycles. The lowest BCUT2D eigenvalue weighted by molar-refractivity contribution is -0.115. The number of piperidine rings is 1. The molecule has 31 heavy (non-hydrogen) atoms. The van der Waals surface area contributed by atoms with Gasteiger partial charge in [0.1, 0.15) is 10.6 Å². The van der Waals surface area contributed by atoms with E-state index in [1.807, 2.05) is 18.2 Å². The second kappa shape index (κ2) is 8.88. The summed E-state index contributed by atoms with van der Waals surface area (Å²) >= 11 is 0. The van der Waals surface area contributed by atoms with Crippen LogP contribution in [0.5, 0.6) is 5.75 Å². The summed E-state index contributed by atoms with van der Waals surface area (Å²) in [6.45, 7) is 3.32. The minimum Gasteiger partial charge on any atom is -0.495 e. The number of fused-ring (bicyclic) bond motifs is 1. The first kappa shape index (κ1) is 21.6. The molecule has 8 heteroatoms. The van der Waals surface area contributed by atoms with Gasteiger partial charge in [0, 0.05) is 30.5 Å². The van der Waals surface area contributed by atoms with Gasteiger partial charge in [0.05, 0.1) is 13.7 Å². The number of anilines is 2. The maximum atomic E-state index is 13.2. The van der Waals surface area contributed by atoms with Crippen LogP contribution in [0.2, 0.25) is 0 Å². The molecule has 7 nitrogen and oxygen atoms in total. The Morgan fingerprint density at radius 1 is 1.13 bits per heavy atom. The van der Waals surface area contributed by atoms with Crippen molar-refractivity contribution < 1.29 is 17.9 Å². The van der Waals surface area contributed by atoms with Gasteiger partial charge in [-0.2, -0.15) is 4.31 Å². The predicted molar refractivity (Wildman–Crippen MR) is 121 cm³/mol. The number of carbonyl (C=O) groups is 1. The van der Waals surface area contributed by atoms with E-state index in [2.05, 4.69) is 23.2 Å². The van der Waals surface area contributed by atoms with Gasteiger partial charge in [0.2, 0.25) is 15.9 Å². The first-order chi connectivity index (χ1) is 14.9. The van der Waals surface area contributed by atoms with Crippen molar-refractivity contribution in [3.63, 3.8) is 0 Å². The van der Waals surface area contributed by atoms with E-state index >= 15 is 0 Å². The number of ether oxygens (including phenoxy) is 1. The van der Waals surface area contributed by atoms with E-state index in [1.165, 1.54) is 23.0 Å². The van der Waals surface area contributed by atoms with E-state index < -0.39 is 10.0 Å². The van der Waals surface area contributed by atoms with Crippen LogP contribution in [-0.4, -0.2) is 51.4 Å². The molecule has 2 heterocycles. The van der Waals surface area contributed by atoms with Crippen LogP contribution in [0.25, 0.3) is 0 Å². The molecule has 0 aliphatic carbocycles. The van der Waals surface area contributed by atoms with E-state index in [9.17, 15) is 13.2 Å². The van der Waals surface area contributed by atoms with Crippen molar-refractivity contribution in [2.24, 2.45) is 0 Å². The van der Waals surface area contributed by atoms with Crippen LogP contribution in [-0.2, 0) is 21.2 Å². The van der Waals surface area contributed by atoms with Gasteiger partial charge in [0.15, 0.2) is 0 Å². The Labute approximate surface area is 184 Å². The summed E-state index contributed by atoms with van der Waals surface area (Å²) in [5, 5.41) is 2.87. The molecule has 0 unspecified atom stereocenters. The molecule has 2 aromatic rings. The van der Waals surface area contributed by atoms with E-state index in [4.69, 9.17) is 4.74 Å². The maximum absolute atomic E-state index is 13.2. The monoisotopic (exact) mass is 443 g/mol. The summed E-state index contributed by atoms with van der Waals surface area (Å²) in [4.78, 5) is 15.0. The minimum absolute atomic E-state index is 0.0922. The third-order valence-electron chi connectivity index (χ3n) is 6.04. The fraction of sp³-hybridized carbons (Fsp3) is 0.435. The Morgan fingerprint density at radius 3 is 2.61 bits per heavy atom. The average Bonchev–Trinajstić information content (AvgIpc) is 3.09. The third-order valence-corrected chi connectivity index (χ3v) is 7.96. The number of rotatable bonds is 6. The molecule has 2 aliphatic heterocycles. The number of sulfonamides is 1. The molecule has 0 bridgehead atoms. The Bertz CT molecular complexity index is 1060. The molecular weight excluding hydrogens is 414 g/mol. The maximum Gasteiger partial charge on any atom is 0.246 e. The zero-order chi connectivity index (χ0) is 22.0. The van der Waals surface area contributed by atoms with Gasteiger partial charge in [-0.3, -0.25) is 4.79 Å². The van der Waals surface area contributed by atoms with Gasteiger partial charge >= 0.3 is 0 Å². The molecule has 1 N–H and O–H groups in total. The van der Waals surface area contributed by atoms with Gasteiger partial charge < -0.3 is 15.0 Å². The van der Waals surface area contributed by atoms with Crippen molar-refractivity contribution in [3.05, 3.63) is 48.0 Å². The van der Waals surface area contributed by atoms with Crippen LogP contribution in [0, 0.1) is 0 Å². The average molecular weight is 444 g/mol. The number of benzene rings is 2. The number of hydrogen-bond acceptors (Lipinski definition) is 5. The number of hydrogen-bond donors (Lipinski definition) is 1. The van der Waals surface area contributed by atoms with Gasteiger partial charge in [-0.05, 0) is 56.0 Å². The van der Waals surface area contributed by atoms with E-state index in [0.29, 0.717) is 18.8 Å². The van der Waals surface area contributed by atoms with Crippen molar-refractivity contribution in [3.8, 4) is 5.75 Å². The van der Waals surface area contributed by atoms with Gasteiger partial charge in [-0.1, -0.05) is 24.6 Å². The Kier molecular flexibility index (Phi) is 6.20. The lowest BCUT2D eigenvalue weighted by atomic mass is 10.1. The number of amides is 1. The Balaban J connectivity index is 1.53. The van der Waals surface area contributed by atoms with Crippen LogP contribution in [0.4, 0.5) is 11.4 Å². The molecule has 2 aliphatic rings. The number of nitrogens with zero attached hydrogens (tertiary/aromatic N) is 2. The second-order valence-electron chi connectivity index (χ2n) is 8.19. The van der Waals surface area contributed by atoms with Crippen LogP contribution in [0.15, 0.2) is 47.4 Å². The van der Waals surface area contributed by atoms with E-state index in [0.717, 1.165) is 31.4 Å². The first-order valence-corrected chi connectivity index (χ1v) is 12.2. The van der Waals surface area contributed by atoms with Crippen LogP contribution < -0.4 is 15.0 Å². The highest BCUT2D eigenvalue weighted by Gasteiger charge is 2.30. The topological polar surface area (TPSA) is 79.0 Å². The van der Waals surface area contributed by atoms with Gasteiger partial charge in [-0.25, -0.2) is 8.42 Å². The summed E-state index contributed by atoms with van der Waals surface area (Å²) in [5.41, 5.74) is 2.76. The molecule has 1 atom stereocenters. The molecule has 1 amide bonds. The molecule has 1 saturated heterocycles. The molecule has 0 spiro atoms. The molecule has 0 aromatic heterocycles. The lowest BCUT2D eigenvalue weighted by Crippen LogP contribution is -2.37. The van der Waals surface area contributed by atoms with Crippen molar-refractivity contribution in [2.45, 2.75) is 43.5 Å². The number of nitrogens with one attached hydrogen (secondary N) is 1. The minimum atomic E-state index is -3.69. The van der Waals surface area contributed by atoms with Gasteiger partial charge in [-0.15, -0.1) is 0 Å². The van der Waals surface area contributed by atoms with E-state index in [-0.39, 0.29) is 29.1 Å². The lowest BCUT2D eigenvalue weighted by Gasteiger charge is -2.27. The summed E-state index contributed by atoms with van der Waals surface area (Å²) in [6.07, 6.45) is 3.66. The first-order valence-electron chi connectivity index (χ1n) is 10.7. The number of carbonyl (C=O) groups excluding carboxylic acids is 1. The standard InChI is InChI=1S/C23H29N3O4S/c1-17-14-18-8-4-5-9-20(18)26(17)16-23(27)24-19-10-11-21(30-2)22(15-19)31(28,29)25-12-6-3-7-13-25/h4-5,8-11,15,17H,3,6-7,12-14,16H2,1-2H3,(H,24,27)/t17-/m1/s1. The summed E-state index contributed by atoms with van der Waals surface area (Å²) in [7, 11) is -2.23. The Morgan fingerprint density at radius 2 is 1.87 bits per heavy atom. The number of methoxy groups -OCH3 is 1. The van der Waals surface area contributed by atoms with Crippen LogP contribution >= 0.6 is 0 Å². The SMILES string of the molecule is COc1ccc(NC(=O)CN2c3ccccc3C[C@H]2C)cc1S(=O)(=O)N1CCCCC1. The van der Waals surface area contributed by atoms with Crippen LogP contribution in [0.1, 0.15) is 31.7 Å². The highest BCUT2D eigenvalue weighted by Crippen LogP contribution is 2.33. The zero-order valence-corrected chi connectivity index (χ0v) is 18.8. The van der Waals surface area contributed by atoms with Crippen molar-refractivity contribution in [2.75, 3.05) is 37.0 Å². The second-order valence-corrected chi connectivity index (χ2v) is 10.1. The van der Waals surface area contributed by atoms with Crippen molar-refractivity contribution in [1.29, 1.82) is 0 Å². The molecule has 0 radical (unpaired) electrons. The fourth-order valence-electron chi connectivity index (χ4n) is 4.43. The quantitative estimate of drug-likeness (QED) is 0.741. The summed E-state index contributed by atoms with van der Waals surface area (Å²) in [6, 6.07) is 13.1. The Hall–Kier alpha value is -2.58. The highest BCUT2D eigenvalue weighted by molar-refractivity contribution is 7.89. The largest absolute Gasteiger partial charge is 0.495 e. The van der Waals surface area contributed by atoms with Crippen molar-refractivity contribution in [1.82, 2.24) is 4.31 Å². The molecule has 4 rings (SSSR count).